The molecule has 0 fully saturated rings. The third-order valence-corrected chi connectivity index (χ3v) is 1.96. The number of fused-ring (bicyclic) bond motifs is 1. The summed E-state index contributed by atoms with van der Waals surface area (Å²) in [4.78, 5) is 0. The van der Waals surface area contributed by atoms with Crippen LogP contribution in [0.4, 0.5) is 0 Å². The number of nitrogens with one attached hydrogen (secondary N) is 1. The highest BCUT2D eigenvalue weighted by atomic mass is 15.3. The number of rotatable bonds is 0. The zero-order valence-electron chi connectivity index (χ0n) is 6.09. The highest BCUT2D eigenvalue weighted by Crippen LogP contribution is 2.09. The van der Waals surface area contributed by atoms with Crippen molar-refractivity contribution in [1.82, 2.24) is 15.1 Å². The molecular formula is C7H11N3. The molecule has 54 valence electrons. The molecule has 0 unspecified atom stereocenters. The molecule has 0 saturated heterocycles. The number of aryl methyl sites for hydroxylation is 1. The smallest absolute Gasteiger partial charge is 0.0907 e. The maximum atomic E-state index is 4.21. The van der Waals surface area contributed by atoms with Gasteiger partial charge in [0.05, 0.1) is 12.9 Å². The minimum atomic E-state index is 0.878. The fourth-order valence-electron chi connectivity index (χ4n) is 1.36. The largest absolute Gasteiger partial charge is 0.298 e. The molecule has 0 aromatic carbocycles. The van der Waals surface area contributed by atoms with Crippen LogP contribution < -0.4 is 5.32 Å². The topological polar surface area (TPSA) is 29.9 Å². The molecule has 1 aromatic rings. The first-order valence-corrected chi connectivity index (χ1v) is 3.60. The van der Waals surface area contributed by atoms with Crippen LogP contribution in [0.25, 0.3) is 0 Å². The van der Waals surface area contributed by atoms with Crippen molar-refractivity contribution in [3.63, 3.8) is 0 Å². The van der Waals surface area contributed by atoms with Crippen LogP contribution in [0.3, 0.4) is 0 Å². The van der Waals surface area contributed by atoms with Crippen LogP contribution in [-0.2, 0) is 13.1 Å². The van der Waals surface area contributed by atoms with Gasteiger partial charge in [-0.05, 0) is 12.5 Å². The molecule has 0 bridgehead atoms. The molecule has 1 aliphatic rings. The first-order valence-electron chi connectivity index (χ1n) is 3.60. The SMILES string of the molecule is Cc1cnn2c1CCNC2. The standard InChI is InChI=1S/C7H11N3/c1-6-4-9-10-5-8-3-2-7(6)10/h4,8H,2-3,5H2,1H3. The summed E-state index contributed by atoms with van der Waals surface area (Å²) < 4.78 is 2.03. The van der Waals surface area contributed by atoms with Crippen molar-refractivity contribution < 1.29 is 0 Å². The van der Waals surface area contributed by atoms with E-state index in [9.17, 15) is 0 Å². The lowest BCUT2D eigenvalue weighted by atomic mass is 10.2. The van der Waals surface area contributed by atoms with Crippen LogP contribution in [-0.4, -0.2) is 16.3 Å². The Morgan fingerprint density at radius 2 is 2.60 bits per heavy atom. The van der Waals surface area contributed by atoms with Crippen molar-refractivity contribution in [3.05, 3.63) is 17.5 Å². The van der Waals surface area contributed by atoms with Gasteiger partial charge in [-0.25, -0.2) is 0 Å². The molecule has 0 spiro atoms. The summed E-state index contributed by atoms with van der Waals surface area (Å²) in [5.74, 6) is 0. The molecule has 3 heteroatoms. The van der Waals surface area contributed by atoms with Crippen molar-refractivity contribution >= 4 is 0 Å². The number of aromatic nitrogens is 2. The average Bonchev–Trinajstić information content (AvgIpc) is 2.34. The van der Waals surface area contributed by atoms with Crippen molar-refractivity contribution in [2.75, 3.05) is 6.54 Å². The predicted molar refractivity (Wildman–Crippen MR) is 38.7 cm³/mol. The van der Waals surface area contributed by atoms with E-state index in [1.54, 1.807) is 0 Å². The minimum absolute atomic E-state index is 0.878. The van der Waals surface area contributed by atoms with E-state index in [0.717, 1.165) is 19.6 Å². The maximum absolute atomic E-state index is 4.21. The summed E-state index contributed by atoms with van der Waals surface area (Å²) >= 11 is 0. The molecule has 10 heavy (non-hydrogen) atoms. The monoisotopic (exact) mass is 137 g/mol. The molecule has 0 aliphatic carbocycles. The van der Waals surface area contributed by atoms with E-state index in [1.807, 2.05) is 10.9 Å². The van der Waals surface area contributed by atoms with E-state index in [0.29, 0.717) is 0 Å². The molecule has 0 saturated carbocycles. The van der Waals surface area contributed by atoms with Gasteiger partial charge in [-0.3, -0.25) is 10.00 Å². The summed E-state index contributed by atoms with van der Waals surface area (Å²) in [6.07, 6.45) is 3.05. The van der Waals surface area contributed by atoms with Gasteiger partial charge >= 0.3 is 0 Å². The van der Waals surface area contributed by atoms with Crippen molar-refractivity contribution in [2.45, 2.75) is 20.0 Å². The Morgan fingerprint density at radius 1 is 1.70 bits per heavy atom. The summed E-state index contributed by atoms with van der Waals surface area (Å²) in [5.41, 5.74) is 2.71. The fourth-order valence-corrected chi connectivity index (χ4v) is 1.36. The molecule has 1 N–H and O–H groups in total. The van der Waals surface area contributed by atoms with Crippen molar-refractivity contribution in [2.24, 2.45) is 0 Å². The van der Waals surface area contributed by atoms with Gasteiger partial charge in [0, 0.05) is 18.7 Å². The Morgan fingerprint density at radius 3 is 3.40 bits per heavy atom. The van der Waals surface area contributed by atoms with Crippen LogP contribution in [0.15, 0.2) is 6.20 Å². The second-order valence-corrected chi connectivity index (χ2v) is 2.68. The van der Waals surface area contributed by atoms with Gasteiger partial charge in [-0.2, -0.15) is 5.10 Å². The zero-order valence-corrected chi connectivity index (χ0v) is 6.09. The van der Waals surface area contributed by atoms with E-state index in [1.165, 1.54) is 11.3 Å². The molecule has 2 heterocycles. The Labute approximate surface area is 60.0 Å². The van der Waals surface area contributed by atoms with Crippen LogP contribution in [0.2, 0.25) is 0 Å². The van der Waals surface area contributed by atoms with E-state index in [-0.39, 0.29) is 0 Å². The highest BCUT2D eigenvalue weighted by molar-refractivity contribution is 5.16. The predicted octanol–water partition coefficient (Wildman–Crippen LogP) is 0.295. The van der Waals surface area contributed by atoms with E-state index in [4.69, 9.17) is 0 Å². The molecule has 2 rings (SSSR count). The minimum Gasteiger partial charge on any atom is -0.298 e. The molecule has 0 atom stereocenters. The second kappa shape index (κ2) is 2.09. The summed E-state index contributed by atoms with van der Waals surface area (Å²) in [6.45, 7) is 4.08. The summed E-state index contributed by atoms with van der Waals surface area (Å²) in [7, 11) is 0. The van der Waals surface area contributed by atoms with E-state index >= 15 is 0 Å². The third-order valence-electron chi connectivity index (χ3n) is 1.96. The lowest BCUT2D eigenvalue weighted by Gasteiger charge is -2.14. The van der Waals surface area contributed by atoms with Crippen LogP contribution >= 0.6 is 0 Å². The molecular weight excluding hydrogens is 126 g/mol. The van der Waals surface area contributed by atoms with Crippen LogP contribution in [0, 0.1) is 6.92 Å². The van der Waals surface area contributed by atoms with Crippen molar-refractivity contribution in [1.29, 1.82) is 0 Å². The number of hydrogen-bond donors (Lipinski definition) is 1. The fraction of sp³-hybridized carbons (Fsp3) is 0.571. The number of hydrogen-bond acceptors (Lipinski definition) is 2. The Balaban J connectivity index is 2.45. The molecule has 1 aliphatic heterocycles. The molecule has 1 aromatic heterocycles. The number of nitrogens with zero attached hydrogens (tertiary/aromatic N) is 2. The second-order valence-electron chi connectivity index (χ2n) is 2.68. The Hall–Kier alpha value is -0.830. The van der Waals surface area contributed by atoms with Gasteiger partial charge in [0.25, 0.3) is 0 Å². The Kier molecular flexibility index (Phi) is 1.24. The summed E-state index contributed by atoms with van der Waals surface area (Å²) in [5, 5.41) is 7.47. The maximum Gasteiger partial charge on any atom is 0.0907 e. The molecule has 0 radical (unpaired) electrons. The van der Waals surface area contributed by atoms with Gasteiger partial charge in [0.1, 0.15) is 0 Å². The molecule has 3 nitrogen and oxygen atoms in total. The zero-order chi connectivity index (χ0) is 6.97. The van der Waals surface area contributed by atoms with Crippen LogP contribution in [0.5, 0.6) is 0 Å². The first-order chi connectivity index (χ1) is 4.88. The first kappa shape index (κ1) is 5.92. The Bertz CT molecular complexity index is 239. The average molecular weight is 137 g/mol. The quantitative estimate of drug-likeness (QED) is 0.557. The summed E-state index contributed by atoms with van der Waals surface area (Å²) in [6, 6.07) is 0. The van der Waals surface area contributed by atoms with Gasteiger partial charge in [-0.15, -0.1) is 0 Å². The van der Waals surface area contributed by atoms with Gasteiger partial charge in [0.15, 0.2) is 0 Å². The van der Waals surface area contributed by atoms with Crippen LogP contribution in [0.1, 0.15) is 11.3 Å². The lowest BCUT2D eigenvalue weighted by Crippen LogP contribution is -2.29. The van der Waals surface area contributed by atoms with E-state index < -0.39 is 0 Å². The van der Waals surface area contributed by atoms with Crippen molar-refractivity contribution in [3.8, 4) is 0 Å². The van der Waals surface area contributed by atoms with Gasteiger partial charge < -0.3 is 0 Å². The third kappa shape index (κ3) is 0.743. The normalized spacial score (nSPS) is 16.9. The molecule has 0 amide bonds. The van der Waals surface area contributed by atoms with Gasteiger partial charge in [0.2, 0.25) is 0 Å². The highest BCUT2D eigenvalue weighted by Gasteiger charge is 2.09. The lowest BCUT2D eigenvalue weighted by molar-refractivity contribution is 0.452. The van der Waals surface area contributed by atoms with E-state index in [2.05, 4.69) is 17.3 Å². The van der Waals surface area contributed by atoms with Gasteiger partial charge in [-0.1, -0.05) is 0 Å².